The van der Waals surface area contributed by atoms with Crippen LogP contribution in [0.4, 0.5) is 9.59 Å². The number of nitrogens with zero attached hydrogens (tertiary/aromatic N) is 2. The molecule has 4 rings (SSSR count). The number of thiazole rings is 1. The first-order chi connectivity index (χ1) is 23.7. The summed E-state index contributed by atoms with van der Waals surface area (Å²) >= 11 is 1.50. The SMILES string of the molecule is CCc1nc(COC(=O)N[C@H](C(=O)N[C@@H](Cc2ccccc2)[C@@H](O)C[C@H](Cc2ccccc2)NC(=O)OCc2cccnc2)C(C)C)cs1. The number of aliphatic hydroxyl groups is 1. The molecule has 4 atom stereocenters. The van der Waals surface area contributed by atoms with E-state index in [1.54, 1.807) is 18.5 Å². The van der Waals surface area contributed by atoms with Crippen LogP contribution in [0.1, 0.15) is 54.6 Å². The van der Waals surface area contributed by atoms with Crippen LogP contribution in [0.3, 0.4) is 0 Å². The van der Waals surface area contributed by atoms with Crippen LogP contribution in [0.5, 0.6) is 0 Å². The van der Waals surface area contributed by atoms with E-state index in [0.29, 0.717) is 18.5 Å². The summed E-state index contributed by atoms with van der Waals surface area (Å²) in [6.45, 7) is 5.67. The highest BCUT2D eigenvalue weighted by Gasteiger charge is 2.31. The summed E-state index contributed by atoms with van der Waals surface area (Å²) in [5.74, 6) is -0.743. The van der Waals surface area contributed by atoms with Crippen molar-refractivity contribution in [1.29, 1.82) is 0 Å². The first-order valence-electron chi connectivity index (χ1n) is 16.4. The Morgan fingerprint density at radius 1 is 0.816 bits per heavy atom. The Morgan fingerprint density at radius 2 is 1.45 bits per heavy atom. The molecule has 0 radical (unpaired) electrons. The van der Waals surface area contributed by atoms with Crippen molar-refractivity contribution in [3.8, 4) is 0 Å². The molecule has 260 valence electrons. The Labute approximate surface area is 291 Å². The molecule has 0 saturated heterocycles. The summed E-state index contributed by atoms with van der Waals surface area (Å²) in [6, 6.07) is 20.5. The maximum atomic E-state index is 13.7. The number of aryl methyl sites for hydroxylation is 1. The van der Waals surface area contributed by atoms with Crippen LogP contribution in [0.15, 0.2) is 90.6 Å². The molecule has 0 aliphatic carbocycles. The monoisotopic (exact) mass is 687 g/mol. The summed E-state index contributed by atoms with van der Waals surface area (Å²) < 4.78 is 10.8. The van der Waals surface area contributed by atoms with E-state index in [9.17, 15) is 19.5 Å². The minimum Gasteiger partial charge on any atom is -0.445 e. The zero-order valence-electron chi connectivity index (χ0n) is 28.1. The topological polar surface area (TPSA) is 152 Å². The van der Waals surface area contributed by atoms with Gasteiger partial charge in [-0.3, -0.25) is 9.78 Å². The first kappa shape index (κ1) is 37.0. The number of benzene rings is 2. The zero-order valence-corrected chi connectivity index (χ0v) is 28.9. The van der Waals surface area contributed by atoms with Gasteiger partial charge < -0.3 is 30.5 Å². The summed E-state index contributed by atoms with van der Waals surface area (Å²) in [5, 5.41) is 23.1. The summed E-state index contributed by atoms with van der Waals surface area (Å²) in [4.78, 5) is 47.8. The van der Waals surface area contributed by atoms with E-state index in [-0.39, 0.29) is 25.6 Å². The molecule has 11 nitrogen and oxygen atoms in total. The standard InChI is InChI=1S/C37H45N5O6S/c1-4-33-39-30(24-49-33)23-48-37(46)42-34(25(2)3)35(44)41-31(19-27-14-9-6-10-15-27)32(43)20-29(18-26-12-7-5-8-13-26)40-36(45)47-22-28-16-11-17-38-21-28/h5-17,21,24-25,29,31-32,34,43H,4,18-20,22-23H2,1-3H3,(H,40,45)(H,41,44)(H,42,46)/t29-,31-,32-,34-/m0/s1. The van der Waals surface area contributed by atoms with Crippen LogP contribution in [0.2, 0.25) is 0 Å². The predicted molar refractivity (Wildman–Crippen MR) is 188 cm³/mol. The number of pyridine rings is 1. The van der Waals surface area contributed by atoms with Crippen LogP contribution < -0.4 is 16.0 Å². The fourth-order valence-corrected chi connectivity index (χ4v) is 5.96. The molecule has 2 heterocycles. The molecule has 0 unspecified atom stereocenters. The number of hydrogen-bond donors (Lipinski definition) is 4. The molecule has 0 bridgehead atoms. The fraction of sp³-hybridized carbons (Fsp3) is 0.378. The van der Waals surface area contributed by atoms with E-state index < -0.39 is 42.3 Å². The van der Waals surface area contributed by atoms with Crippen LogP contribution in [0, 0.1) is 5.92 Å². The van der Waals surface area contributed by atoms with Gasteiger partial charge >= 0.3 is 12.2 Å². The molecule has 2 aromatic carbocycles. The van der Waals surface area contributed by atoms with Gasteiger partial charge in [0.2, 0.25) is 5.91 Å². The lowest BCUT2D eigenvalue weighted by Crippen LogP contribution is -2.56. The minimum absolute atomic E-state index is 0.00934. The number of carbonyl (C=O) groups is 3. The van der Waals surface area contributed by atoms with Gasteiger partial charge in [-0.25, -0.2) is 14.6 Å². The third-order valence-electron chi connectivity index (χ3n) is 7.83. The van der Waals surface area contributed by atoms with Crippen molar-refractivity contribution >= 4 is 29.4 Å². The maximum absolute atomic E-state index is 13.7. The second-order valence-corrected chi connectivity index (χ2v) is 13.0. The average molecular weight is 688 g/mol. The van der Waals surface area contributed by atoms with Crippen molar-refractivity contribution in [2.75, 3.05) is 0 Å². The van der Waals surface area contributed by atoms with Crippen molar-refractivity contribution in [2.24, 2.45) is 5.92 Å². The third kappa shape index (κ3) is 12.6. The molecule has 4 aromatic rings. The molecule has 12 heteroatoms. The number of aromatic nitrogens is 2. The van der Waals surface area contributed by atoms with Gasteiger partial charge in [-0.1, -0.05) is 87.5 Å². The lowest BCUT2D eigenvalue weighted by molar-refractivity contribution is -0.125. The van der Waals surface area contributed by atoms with E-state index in [0.717, 1.165) is 28.1 Å². The highest BCUT2D eigenvalue weighted by atomic mass is 32.1. The lowest BCUT2D eigenvalue weighted by atomic mass is 9.93. The Morgan fingerprint density at radius 3 is 2.06 bits per heavy atom. The Hall–Kier alpha value is -4.81. The van der Waals surface area contributed by atoms with Gasteiger partial charge in [0.1, 0.15) is 19.3 Å². The smallest absolute Gasteiger partial charge is 0.408 e. The normalized spacial score (nSPS) is 13.5. The minimum atomic E-state index is -1.08. The van der Waals surface area contributed by atoms with Gasteiger partial charge in [0.25, 0.3) is 0 Å². The van der Waals surface area contributed by atoms with E-state index >= 15 is 0 Å². The molecule has 49 heavy (non-hydrogen) atoms. The molecule has 0 aliphatic heterocycles. The zero-order chi connectivity index (χ0) is 35.0. The second kappa shape index (κ2) is 19.3. The summed E-state index contributed by atoms with van der Waals surface area (Å²) in [6.07, 6.45) is 2.46. The van der Waals surface area contributed by atoms with E-state index in [2.05, 4.69) is 25.9 Å². The fourth-order valence-electron chi connectivity index (χ4n) is 5.23. The molecule has 3 amide bonds. The molecule has 4 N–H and O–H groups in total. The van der Waals surface area contributed by atoms with Gasteiger partial charge in [-0.05, 0) is 48.8 Å². The van der Waals surface area contributed by atoms with Crippen LogP contribution in [-0.4, -0.2) is 57.4 Å². The highest BCUT2D eigenvalue weighted by molar-refractivity contribution is 7.09. The largest absolute Gasteiger partial charge is 0.445 e. The number of aliphatic hydroxyl groups excluding tert-OH is 1. The van der Waals surface area contributed by atoms with E-state index in [1.807, 2.05) is 92.9 Å². The molecule has 0 spiro atoms. The summed E-state index contributed by atoms with van der Waals surface area (Å²) in [5.41, 5.74) is 3.25. The third-order valence-corrected chi connectivity index (χ3v) is 8.87. The number of carbonyl (C=O) groups excluding carboxylic acids is 3. The van der Waals surface area contributed by atoms with Crippen LogP contribution >= 0.6 is 11.3 Å². The van der Waals surface area contributed by atoms with Crippen molar-refractivity contribution in [3.63, 3.8) is 0 Å². The second-order valence-electron chi connectivity index (χ2n) is 12.1. The number of amides is 3. The van der Waals surface area contributed by atoms with Crippen molar-refractivity contribution in [2.45, 2.75) is 83.9 Å². The van der Waals surface area contributed by atoms with Gasteiger partial charge in [0.05, 0.1) is 22.8 Å². The average Bonchev–Trinajstić information content (AvgIpc) is 3.58. The molecule has 0 saturated carbocycles. The number of nitrogens with one attached hydrogen (secondary N) is 3. The lowest BCUT2D eigenvalue weighted by Gasteiger charge is -2.30. The number of hydrogen-bond acceptors (Lipinski definition) is 9. The Kier molecular flexibility index (Phi) is 14.5. The van der Waals surface area contributed by atoms with E-state index in [1.165, 1.54) is 11.3 Å². The summed E-state index contributed by atoms with van der Waals surface area (Å²) in [7, 11) is 0. The molecule has 2 aromatic heterocycles. The quantitative estimate of drug-likeness (QED) is 0.116. The maximum Gasteiger partial charge on any atom is 0.408 e. The van der Waals surface area contributed by atoms with E-state index in [4.69, 9.17) is 9.47 Å². The van der Waals surface area contributed by atoms with Crippen molar-refractivity contribution in [3.05, 3.63) is 118 Å². The van der Waals surface area contributed by atoms with Crippen molar-refractivity contribution in [1.82, 2.24) is 25.9 Å². The van der Waals surface area contributed by atoms with Crippen molar-refractivity contribution < 1.29 is 29.0 Å². The molecular weight excluding hydrogens is 643 g/mol. The predicted octanol–water partition coefficient (Wildman–Crippen LogP) is 5.37. The number of rotatable bonds is 17. The van der Waals surface area contributed by atoms with Gasteiger partial charge in [0, 0.05) is 29.4 Å². The number of alkyl carbamates (subject to hydrolysis) is 2. The highest BCUT2D eigenvalue weighted by Crippen LogP contribution is 2.16. The Balaban J connectivity index is 1.45. The van der Waals surface area contributed by atoms with Gasteiger partial charge in [-0.2, -0.15) is 0 Å². The number of ether oxygens (including phenoxy) is 2. The van der Waals surface area contributed by atoms with Gasteiger partial charge in [0.15, 0.2) is 0 Å². The Bertz CT molecular complexity index is 1590. The molecule has 0 fully saturated rings. The van der Waals surface area contributed by atoms with Gasteiger partial charge in [-0.15, -0.1) is 11.3 Å². The van der Waals surface area contributed by atoms with Crippen LogP contribution in [0.25, 0.3) is 0 Å². The first-order valence-corrected chi connectivity index (χ1v) is 17.3. The molecule has 0 aliphatic rings. The van der Waals surface area contributed by atoms with Crippen LogP contribution in [-0.2, 0) is 46.7 Å². The molecular formula is C37H45N5O6S.